The lowest BCUT2D eigenvalue weighted by molar-refractivity contribution is 0.0985. The zero-order valence-corrected chi connectivity index (χ0v) is 21.3. The number of ether oxygens (including phenoxy) is 3. The molecule has 3 rings (SSSR count). The average Bonchev–Trinajstić information content (AvgIpc) is 3.24. The smallest absolute Gasteiger partial charge is 0.260 e. The van der Waals surface area contributed by atoms with E-state index in [0.717, 1.165) is 17.7 Å². The number of carbonyl (C=O) groups is 1. The van der Waals surface area contributed by atoms with Gasteiger partial charge in [-0.25, -0.2) is 4.98 Å². The van der Waals surface area contributed by atoms with Gasteiger partial charge in [-0.05, 0) is 71.2 Å². The van der Waals surface area contributed by atoms with Crippen LogP contribution in [0.4, 0.5) is 5.13 Å². The number of methoxy groups -OCH3 is 1. The van der Waals surface area contributed by atoms with Crippen molar-refractivity contribution in [2.45, 2.75) is 20.3 Å². The van der Waals surface area contributed by atoms with E-state index in [1.165, 1.54) is 11.3 Å². The molecule has 1 heterocycles. The minimum Gasteiger partial charge on any atom is -0.494 e. The van der Waals surface area contributed by atoms with Crippen molar-refractivity contribution in [3.8, 4) is 17.2 Å². The Morgan fingerprint density at radius 1 is 1.03 bits per heavy atom. The van der Waals surface area contributed by atoms with Gasteiger partial charge in [-0.15, -0.1) is 0 Å². The van der Waals surface area contributed by atoms with Gasteiger partial charge in [-0.1, -0.05) is 22.9 Å². The third kappa shape index (κ3) is 5.88. The van der Waals surface area contributed by atoms with Crippen LogP contribution in [0.3, 0.4) is 0 Å². The van der Waals surface area contributed by atoms with Crippen molar-refractivity contribution in [1.82, 2.24) is 9.88 Å². The SMILES string of the molecule is CCOc1ccc(C(=O)N(CCCN(C)C)c2nc3c(OC)ccc(Cl)c3s2)cc1OCC. The predicted molar refractivity (Wildman–Crippen MR) is 135 cm³/mol. The lowest BCUT2D eigenvalue weighted by Gasteiger charge is -2.21. The van der Waals surface area contributed by atoms with E-state index < -0.39 is 0 Å². The quantitative estimate of drug-likeness (QED) is 0.360. The summed E-state index contributed by atoms with van der Waals surface area (Å²) in [5.41, 5.74) is 1.15. The molecule has 0 unspecified atom stereocenters. The van der Waals surface area contributed by atoms with E-state index in [4.69, 9.17) is 30.8 Å². The Morgan fingerprint density at radius 3 is 2.39 bits per heavy atom. The van der Waals surface area contributed by atoms with Gasteiger partial charge in [0.2, 0.25) is 0 Å². The number of aromatic nitrogens is 1. The van der Waals surface area contributed by atoms with Crippen LogP contribution < -0.4 is 19.1 Å². The van der Waals surface area contributed by atoms with Gasteiger partial charge in [-0.3, -0.25) is 9.69 Å². The predicted octanol–water partition coefficient (Wildman–Crippen LogP) is 5.35. The molecule has 178 valence electrons. The summed E-state index contributed by atoms with van der Waals surface area (Å²) in [6.45, 7) is 6.14. The van der Waals surface area contributed by atoms with E-state index in [-0.39, 0.29) is 5.91 Å². The first-order valence-electron chi connectivity index (χ1n) is 10.9. The lowest BCUT2D eigenvalue weighted by Crippen LogP contribution is -2.33. The number of fused-ring (bicyclic) bond motifs is 1. The van der Waals surface area contributed by atoms with E-state index in [9.17, 15) is 4.79 Å². The van der Waals surface area contributed by atoms with E-state index in [2.05, 4.69) is 4.90 Å². The molecule has 33 heavy (non-hydrogen) atoms. The van der Waals surface area contributed by atoms with E-state index in [1.807, 2.05) is 27.9 Å². The molecule has 0 fully saturated rings. The Kier molecular flexibility index (Phi) is 8.77. The van der Waals surface area contributed by atoms with Crippen molar-refractivity contribution in [3.63, 3.8) is 0 Å². The van der Waals surface area contributed by atoms with Crippen molar-refractivity contribution in [2.75, 3.05) is 52.4 Å². The Labute approximate surface area is 203 Å². The van der Waals surface area contributed by atoms with Crippen molar-refractivity contribution < 1.29 is 19.0 Å². The summed E-state index contributed by atoms with van der Waals surface area (Å²) in [6.07, 6.45) is 0.787. The maximum Gasteiger partial charge on any atom is 0.260 e. The highest BCUT2D eigenvalue weighted by molar-refractivity contribution is 7.23. The van der Waals surface area contributed by atoms with Crippen molar-refractivity contribution >= 4 is 44.2 Å². The molecule has 0 saturated heterocycles. The van der Waals surface area contributed by atoms with E-state index in [0.29, 0.717) is 58.2 Å². The number of benzene rings is 2. The minimum absolute atomic E-state index is 0.160. The summed E-state index contributed by atoms with van der Waals surface area (Å²) in [5, 5.41) is 1.15. The van der Waals surface area contributed by atoms with Crippen LogP contribution in [0.25, 0.3) is 10.2 Å². The Bertz CT molecular complexity index is 1100. The molecule has 2 aromatic carbocycles. The number of rotatable bonds is 11. The summed E-state index contributed by atoms with van der Waals surface area (Å²) < 4.78 is 17.6. The molecule has 9 heteroatoms. The summed E-state index contributed by atoms with van der Waals surface area (Å²) >= 11 is 7.81. The van der Waals surface area contributed by atoms with Crippen LogP contribution in [0.15, 0.2) is 30.3 Å². The fourth-order valence-corrected chi connectivity index (χ4v) is 4.67. The Hall–Kier alpha value is -2.55. The number of nitrogens with zero attached hydrogens (tertiary/aromatic N) is 3. The molecule has 7 nitrogen and oxygen atoms in total. The molecule has 0 spiro atoms. The van der Waals surface area contributed by atoms with Gasteiger partial charge >= 0.3 is 0 Å². The molecular weight excluding hydrogens is 462 g/mol. The Morgan fingerprint density at radius 2 is 1.73 bits per heavy atom. The van der Waals surface area contributed by atoms with Gasteiger partial charge in [0.25, 0.3) is 5.91 Å². The average molecular weight is 492 g/mol. The first kappa shape index (κ1) is 25.1. The first-order chi connectivity index (χ1) is 15.9. The standard InChI is InChI=1S/C24H30ClN3O4S/c1-6-31-18-11-9-16(15-20(18)32-7-2)23(29)28(14-8-13-27(3)4)24-26-21-19(30-5)12-10-17(25)22(21)33-24/h9-12,15H,6-8,13-14H2,1-5H3. The van der Waals surface area contributed by atoms with Crippen LogP contribution in [0, 0.1) is 0 Å². The van der Waals surface area contributed by atoms with Gasteiger partial charge in [0.05, 0.1) is 30.0 Å². The number of anilines is 1. The van der Waals surface area contributed by atoms with Crippen LogP contribution in [0.5, 0.6) is 17.2 Å². The number of hydrogen-bond donors (Lipinski definition) is 0. The molecule has 0 atom stereocenters. The fourth-order valence-electron chi connectivity index (χ4n) is 3.39. The lowest BCUT2D eigenvalue weighted by atomic mass is 10.1. The van der Waals surface area contributed by atoms with Gasteiger partial charge < -0.3 is 19.1 Å². The summed E-state index contributed by atoms with van der Waals surface area (Å²) in [6, 6.07) is 8.83. The molecule has 0 aliphatic heterocycles. The summed E-state index contributed by atoms with van der Waals surface area (Å²) in [7, 11) is 5.61. The number of thiazole rings is 1. The van der Waals surface area contributed by atoms with Crippen LogP contribution in [-0.4, -0.2) is 63.3 Å². The van der Waals surface area contributed by atoms with Gasteiger partial charge in [0.1, 0.15) is 11.3 Å². The highest BCUT2D eigenvalue weighted by atomic mass is 35.5. The fraction of sp³-hybridized carbons (Fsp3) is 0.417. The number of halogens is 1. The number of amides is 1. The van der Waals surface area contributed by atoms with Gasteiger partial charge in [-0.2, -0.15) is 0 Å². The molecule has 1 amide bonds. The maximum atomic E-state index is 13.7. The second-order valence-corrected chi connectivity index (χ2v) is 8.95. The first-order valence-corrected chi connectivity index (χ1v) is 12.1. The number of hydrogen-bond acceptors (Lipinski definition) is 7. The van der Waals surface area contributed by atoms with Crippen LogP contribution in [0.2, 0.25) is 5.02 Å². The minimum atomic E-state index is -0.160. The maximum absolute atomic E-state index is 13.7. The van der Waals surface area contributed by atoms with Crippen molar-refractivity contribution in [3.05, 3.63) is 40.9 Å². The molecule has 0 saturated carbocycles. The monoisotopic (exact) mass is 491 g/mol. The molecule has 1 aromatic heterocycles. The van der Waals surface area contributed by atoms with Crippen molar-refractivity contribution in [1.29, 1.82) is 0 Å². The number of carbonyl (C=O) groups excluding carboxylic acids is 1. The zero-order chi connectivity index (χ0) is 24.0. The highest BCUT2D eigenvalue weighted by Gasteiger charge is 2.24. The topological polar surface area (TPSA) is 64.1 Å². The molecule has 3 aromatic rings. The highest BCUT2D eigenvalue weighted by Crippen LogP contribution is 2.39. The molecule has 0 aliphatic rings. The van der Waals surface area contributed by atoms with Crippen LogP contribution in [0.1, 0.15) is 30.6 Å². The molecule has 0 radical (unpaired) electrons. The zero-order valence-electron chi connectivity index (χ0n) is 19.7. The third-order valence-corrected chi connectivity index (χ3v) is 6.46. The molecular formula is C24H30ClN3O4S. The second-order valence-electron chi connectivity index (χ2n) is 7.56. The normalized spacial score (nSPS) is 11.1. The van der Waals surface area contributed by atoms with Gasteiger partial charge in [0, 0.05) is 12.1 Å². The van der Waals surface area contributed by atoms with Crippen LogP contribution in [-0.2, 0) is 0 Å². The van der Waals surface area contributed by atoms with E-state index in [1.54, 1.807) is 42.3 Å². The van der Waals surface area contributed by atoms with Crippen LogP contribution >= 0.6 is 22.9 Å². The van der Waals surface area contributed by atoms with Gasteiger partial charge in [0.15, 0.2) is 16.6 Å². The molecule has 0 N–H and O–H groups in total. The Balaban J connectivity index is 2.02. The second kappa shape index (κ2) is 11.5. The summed E-state index contributed by atoms with van der Waals surface area (Å²) in [5.74, 6) is 1.63. The van der Waals surface area contributed by atoms with E-state index >= 15 is 0 Å². The molecule has 0 bridgehead atoms. The third-order valence-electron chi connectivity index (χ3n) is 4.92. The summed E-state index contributed by atoms with van der Waals surface area (Å²) in [4.78, 5) is 22.2. The largest absolute Gasteiger partial charge is 0.494 e. The van der Waals surface area contributed by atoms with Crippen molar-refractivity contribution in [2.24, 2.45) is 0 Å². The molecule has 0 aliphatic carbocycles.